The van der Waals surface area contributed by atoms with Crippen LogP contribution in [-0.2, 0) is 6.42 Å². The third-order valence-electron chi connectivity index (χ3n) is 3.97. The first kappa shape index (κ1) is 16.9. The van der Waals surface area contributed by atoms with Crippen LogP contribution >= 0.6 is 0 Å². The quantitative estimate of drug-likeness (QED) is 0.716. The maximum absolute atomic E-state index is 12.7. The Labute approximate surface area is 146 Å². The van der Waals surface area contributed by atoms with Crippen LogP contribution in [0.4, 0.5) is 0 Å². The molecule has 2 aromatic carbocycles. The van der Waals surface area contributed by atoms with E-state index in [-0.39, 0.29) is 12.5 Å². The van der Waals surface area contributed by atoms with Gasteiger partial charge in [0.25, 0.3) is 5.91 Å². The molecule has 0 atom stereocenters. The second-order valence-electron chi connectivity index (χ2n) is 5.65. The molecule has 0 saturated carbocycles. The van der Waals surface area contributed by atoms with Gasteiger partial charge in [0.05, 0.1) is 24.7 Å². The van der Waals surface area contributed by atoms with Gasteiger partial charge in [0.1, 0.15) is 0 Å². The van der Waals surface area contributed by atoms with Gasteiger partial charge in [-0.1, -0.05) is 35.5 Å². The fourth-order valence-corrected chi connectivity index (χ4v) is 2.63. The van der Waals surface area contributed by atoms with Gasteiger partial charge in [0, 0.05) is 18.7 Å². The first-order chi connectivity index (χ1) is 12.3. The van der Waals surface area contributed by atoms with Gasteiger partial charge in [-0.05, 0) is 36.2 Å². The average molecular weight is 336 g/mol. The fourth-order valence-electron chi connectivity index (χ4n) is 2.63. The highest BCUT2D eigenvalue weighted by atomic mass is 16.3. The molecule has 1 heterocycles. The molecule has 6 heteroatoms. The van der Waals surface area contributed by atoms with E-state index in [4.69, 9.17) is 0 Å². The van der Waals surface area contributed by atoms with Crippen molar-refractivity contribution in [2.45, 2.75) is 6.42 Å². The zero-order chi connectivity index (χ0) is 17.5. The molecule has 128 valence electrons. The summed E-state index contributed by atoms with van der Waals surface area (Å²) in [5.41, 5.74) is 2.59. The van der Waals surface area contributed by atoms with Crippen LogP contribution in [0.3, 0.4) is 0 Å². The van der Waals surface area contributed by atoms with Crippen molar-refractivity contribution in [1.82, 2.24) is 19.9 Å². The molecule has 0 spiro atoms. The number of rotatable bonds is 7. The lowest BCUT2D eigenvalue weighted by Gasteiger charge is -2.22. The number of aromatic nitrogens is 3. The summed E-state index contributed by atoms with van der Waals surface area (Å²) in [6, 6.07) is 17.2. The minimum Gasteiger partial charge on any atom is -0.395 e. The molecule has 0 aliphatic carbocycles. The molecular formula is C19H20N4O2. The minimum atomic E-state index is -0.0879. The summed E-state index contributed by atoms with van der Waals surface area (Å²) in [5.74, 6) is -0.0879. The van der Waals surface area contributed by atoms with E-state index in [0.717, 1.165) is 12.1 Å². The average Bonchev–Trinajstić information content (AvgIpc) is 3.20. The number of hydrogen-bond donors (Lipinski definition) is 1. The van der Waals surface area contributed by atoms with Crippen molar-refractivity contribution in [3.05, 3.63) is 78.1 Å². The van der Waals surface area contributed by atoms with Crippen LogP contribution in [0.25, 0.3) is 5.69 Å². The molecular weight excluding hydrogens is 316 g/mol. The predicted octanol–water partition coefficient (Wildman–Crippen LogP) is 1.94. The summed E-state index contributed by atoms with van der Waals surface area (Å²) in [7, 11) is 0. The lowest BCUT2D eigenvalue weighted by Crippen LogP contribution is -2.35. The van der Waals surface area contributed by atoms with Crippen LogP contribution in [0.5, 0.6) is 0 Å². The van der Waals surface area contributed by atoms with Crippen LogP contribution in [0.2, 0.25) is 0 Å². The van der Waals surface area contributed by atoms with Gasteiger partial charge in [0.2, 0.25) is 0 Å². The van der Waals surface area contributed by atoms with Crippen molar-refractivity contribution in [2.75, 3.05) is 19.7 Å². The number of aliphatic hydroxyl groups is 1. The number of carbonyl (C=O) groups excluding carboxylic acids is 1. The number of amides is 1. The standard InChI is InChI=1S/C19H20N4O2/c24-15-14-22(12-10-16-4-2-1-3-5-16)19(25)17-6-8-18(9-7-17)23-13-11-20-21-23/h1-9,11,13,24H,10,12,14-15H2. The third kappa shape index (κ3) is 4.30. The molecule has 1 aromatic heterocycles. The van der Waals surface area contributed by atoms with Gasteiger partial charge >= 0.3 is 0 Å². The van der Waals surface area contributed by atoms with E-state index in [1.165, 1.54) is 5.56 Å². The number of aliphatic hydroxyl groups excluding tert-OH is 1. The van der Waals surface area contributed by atoms with Gasteiger partial charge in [-0.3, -0.25) is 4.79 Å². The molecule has 0 bridgehead atoms. The highest BCUT2D eigenvalue weighted by molar-refractivity contribution is 5.94. The van der Waals surface area contributed by atoms with Gasteiger partial charge in [-0.15, -0.1) is 5.10 Å². The Morgan fingerprint density at radius 1 is 1.04 bits per heavy atom. The molecule has 25 heavy (non-hydrogen) atoms. The molecule has 0 saturated heterocycles. The van der Waals surface area contributed by atoms with E-state index >= 15 is 0 Å². The minimum absolute atomic E-state index is 0.0580. The van der Waals surface area contributed by atoms with Crippen molar-refractivity contribution >= 4 is 5.91 Å². The molecule has 0 fully saturated rings. The third-order valence-corrected chi connectivity index (χ3v) is 3.97. The maximum atomic E-state index is 12.7. The van der Waals surface area contributed by atoms with E-state index in [0.29, 0.717) is 18.7 Å². The number of carbonyl (C=O) groups is 1. The SMILES string of the molecule is O=C(c1ccc(-n2ccnn2)cc1)N(CCO)CCc1ccccc1. The van der Waals surface area contributed by atoms with Crippen molar-refractivity contribution < 1.29 is 9.90 Å². The van der Waals surface area contributed by atoms with E-state index in [1.54, 1.807) is 34.1 Å². The smallest absolute Gasteiger partial charge is 0.253 e. The highest BCUT2D eigenvalue weighted by Crippen LogP contribution is 2.11. The van der Waals surface area contributed by atoms with Gasteiger partial charge in [-0.25, -0.2) is 4.68 Å². The summed E-state index contributed by atoms with van der Waals surface area (Å²) in [5, 5.41) is 17.0. The molecule has 0 radical (unpaired) electrons. The molecule has 6 nitrogen and oxygen atoms in total. The first-order valence-corrected chi connectivity index (χ1v) is 8.19. The van der Waals surface area contributed by atoms with Crippen LogP contribution in [0.15, 0.2) is 67.0 Å². The lowest BCUT2D eigenvalue weighted by atomic mass is 10.1. The Balaban J connectivity index is 1.69. The Morgan fingerprint density at radius 2 is 1.80 bits per heavy atom. The Bertz CT molecular complexity index is 786. The zero-order valence-electron chi connectivity index (χ0n) is 13.8. The molecule has 0 aliphatic rings. The van der Waals surface area contributed by atoms with Crippen LogP contribution in [0, 0.1) is 0 Å². The van der Waals surface area contributed by atoms with E-state index < -0.39 is 0 Å². The van der Waals surface area contributed by atoms with Crippen molar-refractivity contribution in [3.63, 3.8) is 0 Å². The van der Waals surface area contributed by atoms with Gasteiger partial charge in [0.15, 0.2) is 0 Å². The van der Waals surface area contributed by atoms with Crippen LogP contribution in [-0.4, -0.2) is 50.6 Å². The van der Waals surface area contributed by atoms with E-state index in [2.05, 4.69) is 10.3 Å². The van der Waals surface area contributed by atoms with Crippen LogP contribution in [0.1, 0.15) is 15.9 Å². The predicted molar refractivity (Wildman–Crippen MR) is 94.5 cm³/mol. The molecule has 3 aromatic rings. The largest absolute Gasteiger partial charge is 0.395 e. The lowest BCUT2D eigenvalue weighted by molar-refractivity contribution is 0.0724. The Kier molecular flexibility index (Phi) is 5.53. The Hall–Kier alpha value is -2.99. The number of hydrogen-bond acceptors (Lipinski definition) is 4. The van der Waals surface area contributed by atoms with E-state index in [1.807, 2.05) is 42.5 Å². The molecule has 1 N–H and O–H groups in total. The second-order valence-corrected chi connectivity index (χ2v) is 5.65. The second kappa shape index (κ2) is 8.21. The topological polar surface area (TPSA) is 71.2 Å². The number of nitrogens with zero attached hydrogens (tertiary/aromatic N) is 4. The molecule has 0 aliphatic heterocycles. The molecule has 1 amide bonds. The monoisotopic (exact) mass is 336 g/mol. The number of benzene rings is 2. The summed E-state index contributed by atoms with van der Waals surface area (Å²) in [6.07, 6.45) is 4.10. The normalized spacial score (nSPS) is 10.6. The summed E-state index contributed by atoms with van der Waals surface area (Å²) in [6.45, 7) is 0.822. The van der Waals surface area contributed by atoms with Gasteiger partial charge < -0.3 is 10.0 Å². The fraction of sp³-hybridized carbons (Fsp3) is 0.211. The summed E-state index contributed by atoms with van der Waals surface area (Å²) >= 11 is 0. The highest BCUT2D eigenvalue weighted by Gasteiger charge is 2.15. The van der Waals surface area contributed by atoms with E-state index in [9.17, 15) is 9.90 Å². The van der Waals surface area contributed by atoms with Gasteiger partial charge in [-0.2, -0.15) is 0 Å². The maximum Gasteiger partial charge on any atom is 0.253 e. The van der Waals surface area contributed by atoms with Crippen molar-refractivity contribution in [2.24, 2.45) is 0 Å². The summed E-state index contributed by atoms with van der Waals surface area (Å²) < 4.78 is 1.63. The first-order valence-electron chi connectivity index (χ1n) is 8.19. The molecule has 3 rings (SSSR count). The van der Waals surface area contributed by atoms with Crippen LogP contribution < -0.4 is 0 Å². The zero-order valence-corrected chi connectivity index (χ0v) is 13.8. The Morgan fingerprint density at radius 3 is 2.44 bits per heavy atom. The van der Waals surface area contributed by atoms with Crippen molar-refractivity contribution in [1.29, 1.82) is 0 Å². The molecule has 0 unspecified atom stereocenters. The summed E-state index contributed by atoms with van der Waals surface area (Å²) in [4.78, 5) is 14.4. The van der Waals surface area contributed by atoms with Crippen molar-refractivity contribution in [3.8, 4) is 5.69 Å².